The van der Waals surface area contributed by atoms with Crippen LogP contribution >= 0.6 is 0 Å². The van der Waals surface area contributed by atoms with Gasteiger partial charge in [0, 0.05) is 6.54 Å². The van der Waals surface area contributed by atoms with E-state index in [4.69, 9.17) is 10.5 Å². The third-order valence-electron chi connectivity index (χ3n) is 3.22. The van der Waals surface area contributed by atoms with Gasteiger partial charge >= 0.3 is 0 Å². The van der Waals surface area contributed by atoms with Crippen molar-refractivity contribution in [3.8, 4) is 11.1 Å². The third-order valence-corrected chi connectivity index (χ3v) is 3.22. The summed E-state index contributed by atoms with van der Waals surface area (Å²) < 4.78 is 5.43. The fourth-order valence-corrected chi connectivity index (χ4v) is 2.23. The van der Waals surface area contributed by atoms with Gasteiger partial charge in [-0.2, -0.15) is 0 Å². The molecule has 0 aliphatic carbocycles. The zero-order valence-electron chi connectivity index (χ0n) is 9.65. The normalized spacial score (nSPS) is 13.7. The van der Waals surface area contributed by atoms with Crippen LogP contribution in [0.2, 0.25) is 0 Å². The Labute approximate surface area is 101 Å². The molecule has 1 heterocycles. The van der Waals surface area contributed by atoms with Crippen LogP contribution in [0.15, 0.2) is 42.5 Å². The van der Waals surface area contributed by atoms with Crippen LogP contribution in [0.1, 0.15) is 16.7 Å². The largest absolute Gasteiger partial charge is 0.372 e. The van der Waals surface area contributed by atoms with Gasteiger partial charge in [-0.25, -0.2) is 0 Å². The maximum Gasteiger partial charge on any atom is 0.0725 e. The van der Waals surface area contributed by atoms with Crippen molar-refractivity contribution >= 4 is 0 Å². The Bertz CT molecular complexity index is 548. The molecule has 1 aliphatic rings. The lowest BCUT2D eigenvalue weighted by molar-refractivity contribution is 0.134. The summed E-state index contributed by atoms with van der Waals surface area (Å²) in [4.78, 5) is 0. The summed E-state index contributed by atoms with van der Waals surface area (Å²) in [5.41, 5.74) is 11.9. The molecule has 2 aromatic carbocycles. The fourth-order valence-electron chi connectivity index (χ4n) is 2.23. The molecule has 0 radical (unpaired) electrons. The summed E-state index contributed by atoms with van der Waals surface area (Å²) >= 11 is 0. The van der Waals surface area contributed by atoms with Crippen molar-refractivity contribution < 1.29 is 4.74 Å². The van der Waals surface area contributed by atoms with Gasteiger partial charge < -0.3 is 10.5 Å². The van der Waals surface area contributed by atoms with Crippen molar-refractivity contribution in [3.05, 3.63) is 59.2 Å². The van der Waals surface area contributed by atoms with Crippen LogP contribution in [0.3, 0.4) is 0 Å². The van der Waals surface area contributed by atoms with Crippen LogP contribution in [-0.4, -0.2) is 0 Å². The molecule has 0 saturated carbocycles. The maximum absolute atomic E-state index is 5.67. The second-order valence-corrected chi connectivity index (χ2v) is 4.38. The molecule has 2 heteroatoms. The van der Waals surface area contributed by atoms with Gasteiger partial charge in [-0.1, -0.05) is 30.3 Å². The van der Waals surface area contributed by atoms with Crippen LogP contribution in [-0.2, 0) is 24.5 Å². The Balaban J connectivity index is 2.03. The molecule has 0 saturated heterocycles. The molecule has 3 rings (SSSR count). The Morgan fingerprint density at radius 2 is 1.76 bits per heavy atom. The summed E-state index contributed by atoms with van der Waals surface area (Å²) in [6.45, 7) is 2.07. The van der Waals surface area contributed by atoms with Crippen molar-refractivity contribution in [2.75, 3.05) is 0 Å². The van der Waals surface area contributed by atoms with E-state index in [0.717, 1.165) is 13.2 Å². The molecule has 0 unspecified atom stereocenters. The second-order valence-electron chi connectivity index (χ2n) is 4.38. The number of hydrogen-bond donors (Lipinski definition) is 1. The molecule has 0 fully saturated rings. The predicted octanol–water partition coefficient (Wildman–Crippen LogP) is 2.84. The minimum atomic E-state index is 0.585. The lowest BCUT2D eigenvalue weighted by atomic mass is 9.99. The molecule has 0 aromatic heterocycles. The zero-order chi connectivity index (χ0) is 11.7. The average Bonchev–Trinajstić information content (AvgIpc) is 2.86. The summed E-state index contributed by atoms with van der Waals surface area (Å²) in [7, 11) is 0. The Hall–Kier alpha value is -1.64. The molecule has 0 bridgehead atoms. The quantitative estimate of drug-likeness (QED) is 0.853. The van der Waals surface area contributed by atoms with E-state index in [0.29, 0.717) is 6.54 Å². The van der Waals surface area contributed by atoms with Gasteiger partial charge in [-0.15, -0.1) is 0 Å². The third kappa shape index (κ3) is 1.97. The lowest BCUT2D eigenvalue weighted by Gasteiger charge is -2.06. The first-order chi connectivity index (χ1) is 8.36. The van der Waals surface area contributed by atoms with E-state index in [1.165, 1.54) is 27.8 Å². The standard InChI is InChI=1S/C15H15NO/c16-8-11-2-1-3-12(6-11)13-4-5-14-9-17-10-15(14)7-13/h1-7H,8-10,16H2. The van der Waals surface area contributed by atoms with Gasteiger partial charge in [0.05, 0.1) is 13.2 Å². The van der Waals surface area contributed by atoms with Crippen molar-refractivity contribution in [1.82, 2.24) is 0 Å². The molecule has 0 amide bonds. The summed E-state index contributed by atoms with van der Waals surface area (Å²) in [5.74, 6) is 0. The molecule has 2 N–H and O–H groups in total. The van der Waals surface area contributed by atoms with Crippen LogP contribution in [0, 0.1) is 0 Å². The van der Waals surface area contributed by atoms with E-state index < -0.39 is 0 Å². The van der Waals surface area contributed by atoms with Gasteiger partial charge in [0.2, 0.25) is 0 Å². The van der Waals surface area contributed by atoms with Crippen LogP contribution in [0.25, 0.3) is 11.1 Å². The summed E-state index contributed by atoms with van der Waals surface area (Å²) in [5, 5.41) is 0. The topological polar surface area (TPSA) is 35.2 Å². The predicted molar refractivity (Wildman–Crippen MR) is 68.3 cm³/mol. The monoisotopic (exact) mass is 225 g/mol. The number of fused-ring (bicyclic) bond motifs is 1. The van der Waals surface area contributed by atoms with Gasteiger partial charge in [-0.3, -0.25) is 0 Å². The highest BCUT2D eigenvalue weighted by atomic mass is 16.5. The summed E-state index contributed by atoms with van der Waals surface area (Å²) in [6, 6.07) is 14.9. The highest BCUT2D eigenvalue weighted by Gasteiger charge is 2.11. The van der Waals surface area contributed by atoms with Crippen molar-refractivity contribution in [3.63, 3.8) is 0 Å². The molecular formula is C15H15NO. The van der Waals surface area contributed by atoms with Crippen LogP contribution < -0.4 is 5.73 Å². The maximum atomic E-state index is 5.67. The number of rotatable bonds is 2. The van der Waals surface area contributed by atoms with Crippen molar-refractivity contribution in [1.29, 1.82) is 0 Å². The number of benzene rings is 2. The van der Waals surface area contributed by atoms with E-state index in [9.17, 15) is 0 Å². The minimum Gasteiger partial charge on any atom is -0.372 e. The fraction of sp³-hybridized carbons (Fsp3) is 0.200. The van der Waals surface area contributed by atoms with Gasteiger partial charge in [0.25, 0.3) is 0 Å². The molecule has 2 nitrogen and oxygen atoms in total. The Morgan fingerprint density at radius 3 is 2.65 bits per heavy atom. The van der Waals surface area contributed by atoms with Gasteiger partial charge in [0.15, 0.2) is 0 Å². The van der Waals surface area contributed by atoms with E-state index in [1.54, 1.807) is 0 Å². The van der Waals surface area contributed by atoms with E-state index in [2.05, 4.69) is 42.5 Å². The number of hydrogen-bond acceptors (Lipinski definition) is 2. The second kappa shape index (κ2) is 4.32. The van der Waals surface area contributed by atoms with E-state index in [-0.39, 0.29) is 0 Å². The van der Waals surface area contributed by atoms with E-state index in [1.807, 2.05) is 0 Å². The molecule has 0 atom stereocenters. The van der Waals surface area contributed by atoms with Crippen molar-refractivity contribution in [2.45, 2.75) is 19.8 Å². The summed E-state index contributed by atoms with van der Waals surface area (Å²) in [6.07, 6.45) is 0. The highest BCUT2D eigenvalue weighted by molar-refractivity contribution is 5.65. The average molecular weight is 225 g/mol. The highest BCUT2D eigenvalue weighted by Crippen LogP contribution is 2.27. The van der Waals surface area contributed by atoms with Crippen molar-refractivity contribution in [2.24, 2.45) is 5.73 Å². The number of nitrogens with two attached hydrogens (primary N) is 1. The SMILES string of the molecule is NCc1cccc(-c2ccc3c(c2)COC3)c1. The minimum absolute atomic E-state index is 0.585. The Morgan fingerprint density at radius 1 is 0.941 bits per heavy atom. The van der Waals surface area contributed by atoms with Gasteiger partial charge in [-0.05, 0) is 39.9 Å². The van der Waals surface area contributed by atoms with Crippen LogP contribution in [0.5, 0.6) is 0 Å². The molecule has 2 aromatic rings. The molecular weight excluding hydrogens is 210 g/mol. The first-order valence-electron chi connectivity index (χ1n) is 5.86. The van der Waals surface area contributed by atoms with Crippen LogP contribution in [0.4, 0.5) is 0 Å². The first kappa shape index (κ1) is 10.5. The molecule has 0 spiro atoms. The van der Waals surface area contributed by atoms with Gasteiger partial charge in [0.1, 0.15) is 0 Å². The zero-order valence-corrected chi connectivity index (χ0v) is 9.65. The number of ether oxygens (including phenoxy) is 1. The smallest absolute Gasteiger partial charge is 0.0725 e. The first-order valence-corrected chi connectivity index (χ1v) is 5.86. The lowest BCUT2D eigenvalue weighted by Crippen LogP contribution is -1.95. The molecule has 86 valence electrons. The Kier molecular flexibility index (Phi) is 2.67. The molecule has 17 heavy (non-hydrogen) atoms. The molecule has 1 aliphatic heterocycles. The van der Waals surface area contributed by atoms with E-state index >= 15 is 0 Å².